The van der Waals surface area contributed by atoms with Crippen molar-refractivity contribution >= 4 is 18.4 Å². The van der Waals surface area contributed by atoms with Crippen molar-refractivity contribution in [1.29, 1.82) is 0 Å². The fourth-order valence-electron chi connectivity index (χ4n) is 0.204. The van der Waals surface area contributed by atoms with E-state index in [9.17, 15) is 4.79 Å². The van der Waals surface area contributed by atoms with Crippen molar-refractivity contribution in [2.45, 2.75) is 13.8 Å². The maximum absolute atomic E-state index is 10.5. The van der Waals surface area contributed by atoms with Crippen LogP contribution in [0.2, 0.25) is 0 Å². The monoisotopic (exact) mass is 198 g/mol. The molecule has 0 saturated heterocycles. The van der Waals surface area contributed by atoms with Gasteiger partial charge in [-0.2, -0.15) is 0 Å². The highest BCUT2D eigenvalue weighted by molar-refractivity contribution is 7.59. The second kappa shape index (κ2) is 5.63. The van der Waals surface area contributed by atoms with Crippen molar-refractivity contribution in [1.82, 2.24) is 0 Å². The van der Waals surface area contributed by atoms with Crippen LogP contribution >= 0.6 is 0 Å². The molecule has 0 rings (SSSR count). The molecule has 0 spiro atoms. The molecule has 0 bridgehead atoms. The van der Waals surface area contributed by atoms with E-state index in [2.05, 4.69) is 12.6 Å². The molecule has 0 aliphatic rings. The quantitative estimate of drug-likeness (QED) is 0.440. The summed E-state index contributed by atoms with van der Waals surface area (Å²) in [5.74, 6) is 0.923. The normalized spacial score (nSPS) is 8.50. The van der Waals surface area contributed by atoms with Gasteiger partial charge in [-0.3, -0.25) is 4.79 Å². The molecule has 0 aromatic carbocycles. The molecule has 0 unspecified atom stereocenters. The third kappa shape index (κ3) is 4.65. The van der Waals surface area contributed by atoms with Crippen LogP contribution in [-0.2, 0) is 17.4 Å². The number of hydrogen-bond acceptors (Lipinski definition) is 1. The van der Waals surface area contributed by atoms with E-state index in [1.165, 1.54) is 0 Å². The number of Topliss-reactive ketones (excluding diaryl/α,β-unsaturated/α-hetero) is 1. The smallest absolute Gasteiger partial charge is 0.184 e. The summed E-state index contributed by atoms with van der Waals surface area (Å²) in [7, 11) is 0. The zero-order valence-corrected chi connectivity index (χ0v) is 7.66. The Kier molecular flexibility index (Phi) is 7.97. The van der Waals surface area contributed by atoms with E-state index in [1.807, 2.05) is 13.8 Å². The van der Waals surface area contributed by atoms with Crippen molar-refractivity contribution in [3.05, 3.63) is 0 Å². The largest absolute Gasteiger partial charge is 1.00 e. The molecule has 0 aliphatic heterocycles. The molecule has 0 amide bonds. The maximum atomic E-state index is 10.5. The number of hydrogen-bond donors (Lipinski definition) is 0. The van der Waals surface area contributed by atoms with Crippen LogP contribution in [0, 0.1) is 5.92 Å². The fraction of sp³-hybridized carbons (Fsp3) is 0.800. The lowest BCUT2D eigenvalue weighted by atomic mass is 10.1. The van der Waals surface area contributed by atoms with Crippen LogP contribution in [0.5, 0.6) is 0 Å². The first-order chi connectivity index (χ1) is 3.18. The molecule has 0 heterocycles. The number of carbonyl (C=O) groups is 1. The maximum Gasteiger partial charge on any atom is 0.184 e. The van der Waals surface area contributed by atoms with E-state index < -0.39 is 0 Å². The molecule has 50 valence electrons. The van der Waals surface area contributed by atoms with Crippen molar-refractivity contribution in [2.75, 3.05) is 5.75 Å². The summed E-state index contributed by atoms with van der Waals surface area (Å²) in [5.41, 5.74) is 0. The number of rotatable bonds is 2. The first-order valence-electron chi connectivity index (χ1n) is 2.35. The van der Waals surface area contributed by atoms with Gasteiger partial charge in [0.15, 0.2) is 11.5 Å². The zero-order chi connectivity index (χ0) is 5.86. The van der Waals surface area contributed by atoms with Gasteiger partial charge in [-0.15, -0.1) is 0 Å². The minimum atomic E-state index is 0. The number of carbonyl (C=O) groups excluding carboxylic acids is 1. The summed E-state index contributed by atoms with van der Waals surface area (Å²) in [6.45, 7) is 3.78. The molecule has 0 radical (unpaired) electrons. The molecular weight excluding hydrogens is 188 g/mol. The van der Waals surface area contributed by atoms with Crippen molar-refractivity contribution in [3.8, 4) is 0 Å². The van der Waals surface area contributed by atoms with E-state index in [-0.39, 0.29) is 28.7 Å². The molecule has 0 aromatic rings. The van der Waals surface area contributed by atoms with E-state index in [0.29, 0.717) is 5.75 Å². The van der Waals surface area contributed by atoms with E-state index >= 15 is 0 Å². The predicted octanol–water partition coefficient (Wildman–Crippen LogP) is -2.77. The van der Waals surface area contributed by atoms with Crippen LogP contribution < -0.4 is 17.0 Å². The molecule has 0 atom stereocenters. The molecule has 0 aliphatic carbocycles. The Labute approximate surface area is 66.0 Å². The standard InChI is InChI=1S/C5H10OS.BrH/c1-4(2)5(6)3-7;/h4,7H,3H2,1-2H3;1H. The SMILES string of the molecule is CC(C)C(=O)C[SH2+].[Br-]. The van der Waals surface area contributed by atoms with Crippen LogP contribution in [0.15, 0.2) is 0 Å². The van der Waals surface area contributed by atoms with Crippen LogP contribution in [0.3, 0.4) is 0 Å². The Hall–Kier alpha value is 0.500. The topological polar surface area (TPSA) is 17.1 Å². The zero-order valence-electron chi connectivity index (χ0n) is 5.07. The molecule has 3 heteroatoms. The van der Waals surface area contributed by atoms with Crippen LogP contribution in [0.25, 0.3) is 0 Å². The van der Waals surface area contributed by atoms with Crippen molar-refractivity contribution in [3.63, 3.8) is 0 Å². The van der Waals surface area contributed by atoms with E-state index in [4.69, 9.17) is 0 Å². The Bertz CT molecular complexity index is 72.8. The van der Waals surface area contributed by atoms with Crippen LogP contribution in [-0.4, -0.2) is 11.5 Å². The van der Waals surface area contributed by atoms with Gasteiger partial charge >= 0.3 is 0 Å². The van der Waals surface area contributed by atoms with Crippen LogP contribution in [0.4, 0.5) is 0 Å². The second-order valence-corrected chi connectivity index (χ2v) is 2.15. The Balaban J connectivity index is 0. The lowest BCUT2D eigenvalue weighted by molar-refractivity contribution is -0.119. The lowest BCUT2D eigenvalue weighted by Crippen LogP contribution is -3.00. The Morgan fingerprint density at radius 3 is 2.00 bits per heavy atom. The summed E-state index contributed by atoms with van der Waals surface area (Å²) in [6, 6.07) is 0. The third-order valence-electron chi connectivity index (χ3n) is 0.818. The highest BCUT2D eigenvalue weighted by atomic mass is 79.9. The summed E-state index contributed by atoms with van der Waals surface area (Å²) in [6.07, 6.45) is 0. The van der Waals surface area contributed by atoms with Gasteiger partial charge in [0.05, 0.1) is 0 Å². The minimum Gasteiger partial charge on any atom is -1.00 e. The summed E-state index contributed by atoms with van der Waals surface area (Å²) in [4.78, 5) is 10.5. The minimum absolute atomic E-state index is 0. The predicted molar refractivity (Wildman–Crippen MR) is 34.9 cm³/mol. The van der Waals surface area contributed by atoms with Crippen LogP contribution in [0.1, 0.15) is 13.8 Å². The summed E-state index contributed by atoms with van der Waals surface area (Å²) in [5, 5.41) is 0. The first-order valence-corrected chi connectivity index (χ1v) is 3.06. The third-order valence-corrected chi connectivity index (χ3v) is 1.17. The van der Waals surface area contributed by atoms with Gasteiger partial charge in [-0.25, -0.2) is 0 Å². The highest BCUT2D eigenvalue weighted by Crippen LogP contribution is 1.91. The molecule has 0 aromatic heterocycles. The molecule has 0 saturated carbocycles. The fourth-order valence-corrected chi connectivity index (χ4v) is 0.612. The number of halogens is 1. The van der Waals surface area contributed by atoms with Crippen molar-refractivity contribution in [2.24, 2.45) is 5.92 Å². The summed E-state index contributed by atoms with van der Waals surface area (Å²) < 4.78 is 0. The van der Waals surface area contributed by atoms with Crippen molar-refractivity contribution < 1.29 is 21.8 Å². The van der Waals surface area contributed by atoms with E-state index in [1.54, 1.807) is 0 Å². The average Bonchev–Trinajstić information content (AvgIpc) is 1.65. The summed E-state index contributed by atoms with van der Waals surface area (Å²) >= 11 is 3.11. The molecule has 0 fully saturated rings. The second-order valence-electron chi connectivity index (χ2n) is 1.80. The van der Waals surface area contributed by atoms with Gasteiger partial charge < -0.3 is 17.0 Å². The van der Waals surface area contributed by atoms with Gasteiger partial charge in [-0.1, -0.05) is 13.8 Å². The molecule has 8 heavy (non-hydrogen) atoms. The average molecular weight is 199 g/mol. The van der Waals surface area contributed by atoms with Gasteiger partial charge in [0.1, 0.15) is 0 Å². The molecular formula is C5H11BrOS. The highest BCUT2D eigenvalue weighted by Gasteiger charge is 2.05. The van der Waals surface area contributed by atoms with E-state index in [0.717, 1.165) is 0 Å². The molecule has 1 nitrogen and oxygen atoms in total. The first kappa shape index (κ1) is 11.3. The van der Waals surface area contributed by atoms with Gasteiger partial charge in [-0.05, 0) is 12.6 Å². The lowest BCUT2D eigenvalue weighted by Gasteiger charge is -1.92. The molecule has 0 N–H and O–H groups in total. The Morgan fingerprint density at radius 1 is 1.62 bits per heavy atom. The number of ketones is 1. The Morgan fingerprint density at radius 2 is 2.00 bits per heavy atom. The van der Waals surface area contributed by atoms with Gasteiger partial charge in [0.25, 0.3) is 0 Å². The van der Waals surface area contributed by atoms with Gasteiger partial charge in [0.2, 0.25) is 0 Å². The van der Waals surface area contributed by atoms with Gasteiger partial charge in [0, 0.05) is 5.92 Å².